The molecule has 16 heavy (non-hydrogen) atoms. The highest BCUT2D eigenvalue weighted by Crippen LogP contribution is 2.25. The number of hydrogen-bond acceptors (Lipinski definition) is 3. The Bertz CT molecular complexity index is 300. The SMILES string of the molecule is CCC(C)S(=O)(=O)C1CCCCCCC1N. The van der Waals surface area contributed by atoms with Crippen LogP contribution in [0.4, 0.5) is 0 Å². The van der Waals surface area contributed by atoms with Gasteiger partial charge in [-0.25, -0.2) is 8.42 Å². The molecule has 0 radical (unpaired) electrons. The van der Waals surface area contributed by atoms with Gasteiger partial charge in [0.2, 0.25) is 0 Å². The third-order valence-corrected chi connectivity index (χ3v) is 6.70. The highest BCUT2D eigenvalue weighted by atomic mass is 32.2. The quantitative estimate of drug-likeness (QED) is 0.832. The zero-order chi connectivity index (χ0) is 12.2. The Labute approximate surface area is 99.7 Å². The van der Waals surface area contributed by atoms with Gasteiger partial charge in [-0.15, -0.1) is 0 Å². The second-order valence-electron chi connectivity index (χ2n) is 5.00. The predicted octanol–water partition coefficient (Wildman–Crippen LogP) is 2.25. The average molecular weight is 247 g/mol. The minimum absolute atomic E-state index is 0.153. The van der Waals surface area contributed by atoms with Gasteiger partial charge in [0.25, 0.3) is 0 Å². The molecular formula is C12H25NO2S. The maximum atomic E-state index is 12.3. The summed E-state index contributed by atoms with van der Waals surface area (Å²) in [6.07, 6.45) is 6.74. The van der Waals surface area contributed by atoms with Gasteiger partial charge in [0, 0.05) is 6.04 Å². The van der Waals surface area contributed by atoms with Gasteiger partial charge < -0.3 is 5.73 Å². The van der Waals surface area contributed by atoms with E-state index in [2.05, 4.69) is 0 Å². The van der Waals surface area contributed by atoms with Gasteiger partial charge in [0.05, 0.1) is 10.5 Å². The number of hydrogen-bond donors (Lipinski definition) is 1. The van der Waals surface area contributed by atoms with E-state index in [0.29, 0.717) is 6.42 Å². The van der Waals surface area contributed by atoms with Crippen molar-refractivity contribution in [3.8, 4) is 0 Å². The fraction of sp³-hybridized carbons (Fsp3) is 1.00. The Morgan fingerprint density at radius 1 is 1.19 bits per heavy atom. The standard InChI is InChI=1S/C12H25NO2S/c1-3-10(2)16(14,15)12-9-7-5-4-6-8-11(12)13/h10-12H,3-9,13H2,1-2H3. The van der Waals surface area contributed by atoms with Gasteiger partial charge in [0.15, 0.2) is 9.84 Å². The Kier molecular flexibility index (Phi) is 5.25. The second-order valence-corrected chi connectivity index (χ2v) is 7.59. The van der Waals surface area contributed by atoms with Gasteiger partial charge in [-0.2, -0.15) is 0 Å². The van der Waals surface area contributed by atoms with Crippen LogP contribution < -0.4 is 5.73 Å². The summed E-state index contributed by atoms with van der Waals surface area (Å²) in [5.41, 5.74) is 6.05. The summed E-state index contributed by atoms with van der Waals surface area (Å²) in [6, 6.07) is -0.153. The molecule has 0 spiro atoms. The van der Waals surface area contributed by atoms with Gasteiger partial charge in [-0.1, -0.05) is 32.6 Å². The largest absolute Gasteiger partial charge is 0.327 e. The van der Waals surface area contributed by atoms with Crippen molar-refractivity contribution in [3.05, 3.63) is 0 Å². The van der Waals surface area contributed by atoms with Crippen LogP contribution in [-0.4, -0.2) is 25.0 Å². The van der Waals surface area contributed by atoms with Crippen molar-refractivity contribution >= 4 is 9.84 Å². The molecule has 1 aliphatic rings. The highest BCUT2D eigenvalue weighted by molar-refractivity contribution is 7.92. The molecule has 0 aromatic heterocycles. The van der Waals surface area contributed by atoms with Gasteiger partial charge >= 0.3 is 0 Å². The van der Waals surface area contributed by atoms with E-state index in [1.807, 2.05) is 6.92 Å². The monoisotopic (exact) mass is 247 g/mol. The maximum absolute atomic E-state index is 12.3. The van der Waals surface area contributed by atoms with Crippen molar-refractivity contribution in [2.24, 2.45) is 5.73 Å². The third-order valence-electron chi connectivity index (χ3n) is 3.81. The smallest absolute Gasteiger partial charge is 0.157 e. The Balaban J connectivity index is 2.81. The van der Waals surface area contributed by atoms with E-state index in [4.69, 9.17) is 5.73 Å². The van der Waals surface area contributed by atoms with Crippen molar-refractivity contribution in [1.82, 2.24) is 0 Å². The second kappa shape index (κ2) is 6.01. The van der Waals surface area contributed by atoms with Crippen molar-refractivity contribution in [3.63, 3.8) is 0 Å². The highest BCUT2D eigenvalue weighted by Gasteiger charge is 2.34. The van der Waals surface area contributed by atoms with Crippen LogP contribution in [0.25, 0.3) is 0 Å². The molecule has 3 atom stereocenters. The molecule has 0 saturated heterocycles. The van der Waals surface area contributed by atoms with Crippen LogP contribution in [0.1, 0.15) is 58.8 Å². The van der Waals surface area contributed by atoms with Crippen LogP contribution in [0, 0.1) is 0 Å². The van der Waals surface area contributed by atoms with Crippen LogP contribution in [-0.2, 0) is 9.84 Å². The summed E-state index contributed by atoms with van der Waals surface area (Å²) >= 11 is 0. The lowest BCUT2D eigenvalue weighted by molar-refractivity contribution is 0.440. The van der Waals surface area contributed by atoms with E-state index in [1.54, 1.807) is 6.92 Å². The molecule has 1 aliphatic carbocycles. The molecule has 4 heteroatoms. The summed E-state index contributed by atoms with van der Waals surface area (Å²) in [6.45, 7) is 3.73. The summed E-state index contributed by atoms with van der Waals surface area (Å²) in [5.74, 6) is 0. The number of rotatable bonds is 3. The van der Waals surface area contributed by atoms with Gasteiger partial charge in [-0.3, -0.25) is 0 Å². The van der Waals surface area contributed by atoms with E-state index in [0.717, 1.165) is 32.1 Å². The van der Waals surface area contributed by atoms with Crippen LogP contribution in [0.5, 0.6) is 0 Å². The lowest BCUT2D eigenvalue weighted by Crippen LogP contribution is -2.44. The molecule has 2 N–H and O–H groups in total. The number of nitrogens with two attached hydrogens (primary N) is 1. The van der Waals surface area contributed by atoms with Crippen molar-refractivity contribution in [2.75, 3.05) is 0 Å². The Hall–Kier alpha value is -0.0900. The topological polar surface area (TPSA) is 60.2 Å². The summed E-state index contributed by atoms with van der Waals surface area (Å²) in [5, 5.41) is -0.550. The molecule has 0 amide bonds. The first-order valence-electron chi connectivity index (χ1n) is 6.48. The van der Waals surface area contributed by atoms with Crippen molar-refractivity contribution in [2.45, 2.75) is 75.3 Å². The lowest BCUT2D eigenvalue weighted by atomic mass is 9.97. The van der Waals surface area contributed by atoms with Gasteiger partial charge in [-0.05, 0) is 26.2 Å². The maximum Gasteiger partial charge on any atom is 0.157 e. The van der Waals surface area contributed by atoms with Crippen LogP contribution >= 0.6 is 0 Å². The molecular weight excluding hydrogens is 222 g/mol. The van der Waals surface area contributed by atoms with Crippen LogP contribution in [0.2, 0.25) is 0 Å². The molecule has 1 saturated carbocycles. The molecule has 3 unspecified atom stereocenters. The molecule has 96 valence electrons. The molecule has 0 aromatic rings. The van der Waals surface area contributed by atoms with E-state index in [-0.39, 0.29) is 16.5 Å². The predicted molar refractivity (Wildman–Crippen MR) is 68.1 cm³/mol. The molecule has 0 bridgehead atoms. The minimum Gasteiger partial charge on any atom is -0.327 e. The van der Waals surface area contributed by atoms with Crippen LogP contribution in [0.3, 0.4) is 0 Å². The van der Waals surface area contributed by atoms with Gasteiger partial charge in [0.1, 0.15) is 0 Å². The molecule has 0 aromatic carbocycles. The molecule has 1 rings (SSSR count). The fourth-order valence-corrected chi connectivity index (χ4v) is 4.60. The Morgan fingerprint density at radius 2 is 1.75 bits per heavy atom. The van der Waals surface area contributed by atoms with Crippen LogP contribution in [0.15, 0.2) is 0 Å². The first kappa shape index (κ1) is 14.0. The van der Waals surface area contributed by atoms with Crippen molar-refractivity contribution in [1.29, 1.82) is 0 Å². The Morgan fingerprint density at radius 3 is 2.31 bits per heavy atom. The molecule has 0 heterocycles. The van der Waals surface area contributed by atoms with E-state index < -0.39 is 9.84 Å². The van der Waals surface area contributed by atoms with Crippen molar-refractivity contribution < 1.29 is 8.42 Å². The van der Waals surface area contributed by atoms with E-state index in [9.17, 15) is 8.42 Å². The zero-order valence-electron chi connectivity index (χ0n) is 10.5. The average Bonchev–Trinajstić information content (AvgIpc) is 2.22. The zero-order valence-corrected chi connectivity index (χ0v) is 11.3. The fourth-order valence-electron chi connectivity index (χ4n) is 2.42. The summed E-state index contributed by atoms with van der Waals surface area (Å²) in [7, 11) is -3.03. The van der Waals surface area contributed by atoms with E-state index in [1.165, 1.54) is 6.42 Å². The first-order valence-corrected chi connectivity index (χ1v) is 8.09. The summed E-state index contributed by atoms with van der Waals surface area (Å²) in [4.78, 5) is 0. The minimum atomic E-state index is -3.03. The lowest BCUT2D eigenvalue weighted by Gasteiger charge is -2.28. The normalized spacial score (nSPS) is 30.4. The first-order chi connectivity index (χ1) is 7.50. The summed E-state index contributed by atoms with van der Waals surface area (Å²) < 4.78 is 24.6. The van der Waals surface area contributed by atoms with E-state index >= 15 is 0 Å². The third kappa shape index (κ3) is 3.20. The number of sulfone groups is 1. The molecule has 1 fully saturated rings. The molecule has 0 aliphatic heterocycles. The molecule has 3 nitrogen and oxygen atoms in total.